The van der Waals surface area contributed by atoms with Crippen molar-refractivity contribution in [3.63, 3.8) is 0 Å². The summed E-state index contributed by atoms with van der Waals surface area (Å²) in [5.74, 6) is -0.925. The number of ether oxygens (including phenoxy) is 5. The highest BCUT2D eigenvalue weighted by molar-refractivity contribution is 7.09. The van der Waals surface area contributed by atoms with Crippen LogP contribution in [-0.4, -0.2) is 76.8 Å². The maximum Gasteiger partial charge on any atom is 0.411 e. The molecule has 3 aliphatic heterocycles. The van der Waals surface area contributed by atoms with E-state index in [1.54, 1.807) is 11.3 Å². The molecule has 1 aromatic heterocycles. The molecule has 12 nitrogen and oxygen atoms in total. The minimum atomic E-state index is -0.966. The molecule has 13 heteroatoms. The first-order valence-electron chi connectivity index (χ1n) is 22.4. The maximum atomic E-state index is 14.2. The van der Waals surface area contributed by atoms with Gasteiger partial charge in [0.1, 0.15) is 23.6 Å². The SMILES string of the molecule is C=CCC(CC)OO[C@]1(CC)CCCC(OC(=O)Nc2ccc(CO[C@H]3[C@@H]4CCC[C@@]5(C)O[C@H]5C[C@@H](/C(C)=C/c5csc(C)n5)OC(=O)C[C@H](O4)C(C)(C)C(=O)[C@@H]3C)cc2)C1. The molecule has 4 aliphatic rings. The summed E-state index contributed by atoms with van der Waals surface area (Å²) in [6.45, 7) is 19.8. The molecule has 6 rings (SSSR count). The number of hydrogen-bond acceptors (Lipinski definition) is 12. The second kappa shape index (κ2) is 20.4. The average Bonchev–Trinajstić information content (AvgIpc) is 3.69. The standard InChI is InChI=1S/C48H68N2O10S/c1-10-15-36(11-2)59-60-48(12-3)23-13-16-37(27-48)55-45(53)50-34-20-18-33(19-21-34)28-54-43-31(5)44(52)46(7,8)40-26-42(51)57-39(30(4)24-35-29-61-32(6)49-35)25-41-47(9,58-41)22-14-17-38(43)56-40/h10,18-21,24,29,31,36-41,43H,1,11-17,22-23,25-28H2,2-9H3,(H,50,53)/b30-24+/t31-,36?,37?,38+,39+,40+,41+,43-,47-,48-/m1/s1. The predicted octanol–water partition coefficient (Wildman–Crippen LogP) is 10.4. The van der Waals surface area contributed by atoms with Crippen LogP contribution in [0.2, 0.25) is 0 Å². The molecule has 4 heterocycles. The second-order valence-electron chi connectivity index (χ2n) is 18.4. The Kier molecular flexibility index (Phi) is 15.7. The number of carbonyl (C=O) groups excluding carboxylic acids is 3. The first-order valence-corrected chi connectivity index (χ1v) is 23.3. The molecule has 0 spiro atoms. The van der Waals surface area contributed by atoms with E-state index in [1.165, 1.54) is 0 Å². The van der Waals surface area contributed by atoms with Crippen LogP contribution in [0.15, 0.2) is 47.9 Å². The second-order valence-corrected chi connectivity index (χ2v) is 19.5. The molecule has 1 aromatic carbocycles. The fourth-order valence-electron chi connectivity index (χ4n) is 9.21. The van der Waals surface area contributed by atoms with E-state index in [0.717, 1.165) is 66.8 Å². The number of esters is 1. The Bertz CT molecular complexity index is 1860. The van der Waals surface area contributed by atoms with Crippen molar-refractivity contribution in [2.45, 2.75) is 193 Å². The molecule has 10 atom stereocenters. The number of thiazole rings is 1. The highest BCUT2D eigenvalue weighted by Crippen LogP contribution is 2.46. The van der Waals surface area contributed by atoms with Crippen molar-refractivity contribution in [3.8, 4) is 0 Å². The molecule has 2 unspecified atom stereocenters. The van der Waals surface area contributed by atoms with Crippen LogP contribution < -0.4 is 5.32 Å². The lowest BCUT2D eigenvalue weighted by Gasteiger charge is -2.39. The van der Waals surface area contributed by atoms with Gasteiger partial charge in [0.25, 0.3) is 0 Å². The molecular formula is C48H68N2O10S. The number of anilines is 1. The smallest absolute Gasteiger partial charge is 0.411 e. The Morgan fingerprint density at radius 1 is 1.10 bits per heavy atom. The van der Waals surface area contributed by atoms with Gasteiger partial charge in [0.05, 0.1) is 65.3 Å². The zero-order valence-electron chi connectivity index (χ0n) is 37.5. The van der Waals surface area contributed by atoms with Gasteiger partial charge in [-0.05, 0) is 108 Å². The van der Waals surface area contributed by atoms with Crippen molar-refractivity contribution in [2.75, 3.05) is 5.32 Å². The van der Waals surface area contributed by atoms with Crippen LogP contribution in [0.1, 0.15) is 142 Å². The van der Waals surface area contributed by atoms with Gasteiger partial charge in [-0.2, -0.15) is 0 Å². The van der Waals surface area contributed by atoms with E-state index >= 15 is 0 Å². The number of benzene rings is 1. The molecule has 1 N–H and O–H groups in total. The predicted molar refractivity (Wildman–Crippen MR) is 235 cm³/mol. The molecule has 1 amide bonds. The third kappa shape index (κ3) is 12.0. The van der Waals surface area contributed by atoms with Crippen molar-refractivity contribution < 1.29 is 47.8 Å². The molecule has 61 heavy (non-hydrogen) atoms. The lowest BCUT2D eigenvalue weighted by atomic mass is 9.75. The molecular weight excluding hydrogens is 797 g/mol. The maximum absolute atomic E-state index is 14.2. The summed E-state index contributed by atoms with van der Waals surface area (Å²) in [5.41, 5.74) is 1.38. The number of aryl methyl sites for hydroxylation is 1. The normalized spacial score (nSPS) is 32.5. The van der Waals surface area contributed by atoms with Crippen molar-refractivity contribution in [3.05, 3.63) is 64.1 Å². The number of rotatable bonds is 14. The molecule has 3 saturated heterocycles. The topological polar surface area (TPSA) is 144 Å². The number of hydrogen-bond donors (Lipinski definition) is 1. The minimum absolute atomic E-state index is 0.0156. The van der Waals surface area contributed by atoms with Crippen molar-refractivity contribution in [1.29, 1.82) is 0 Å². The number of amides is 1. The fraction of sp³-hybridized carbons (Fsp3) is 0.667. The number of aromatic nitrogens is 1. The third-order valence-electron chi connectivity index (χ3n) is 13.4. The zero-order valence-corrected chi connectivity index (χ0v) is 38.3. The van der Waals surface area contributed by atoms with E-state index in [1.807, 2.05) is 76.4 Å². The number of carbonyl (C=O) groups is 3. The Morgan fingerprint density at radius 3 is 2.54 bits per heavy atom. The Morgan fingerprint density at radius 2 is 1.85 bits per heavy atom. The molecule has 2 bridgehead atoms. The number of ketones is 1. The van der Waals surface area contributed by atoms with Crippen LogP contribution >= 0.6 is 11.3 Å². The van der Waals surface area contributed by atoms with Crippen LogP contribution in [0, 0.1) is 18.3 Å². The highest BCUT2D eigenvalue weighted by Gasteiger charge is 2.54. The molecule has 336 valence electrons. The first-order chi connectivity index (χ1) is 29.1. The molecule has 1 aliphatic carbocycles. The molecule has 2 aromatic rings. The van der Waals surface area contributed by atoms with Gasteiger partial charge in [0, 0.05) is 29.8 Å². The number of fused-ring (bicyclic) bond motifs is 3. The van der Waals surface area contributed by atoms with Crippen LogP contribution in [0.3, 0.4) is 0 Å². The van der Waals surface area contributed by atoms with E-state index in [4.69, 9.17) is 33.5 Å². The van der Waals surface area contributed by atoms with Gasteiger partial charge in [0.2, 0.25) is 0 Å². The van der Waals surface area contributed by atoms with Gasteiger partial charge in [-0.15, -0.1) is 17.9 Å². The summed E-state index contributed by atoms with van der Waals surface area (Å²) in [6, 6.07) is 7.41. The summed E-state index contributed by atoms with van der Waals surface area (Å²) in [4.78, 5) is 57.5. The summed E-state index contributed by atoms with van der Waals surface area (Å²) < 4.78 is 31.8. The van der Waals surface area contributed by atoms with E-state index in [-0.39, 0.29) is 42.7 Å². The number of Topliss-reactive ketones (excluding diaryl/α,β-unsaturated/α-hetero) is 1. The van der Waals surface area contributed by atoms with Gasteiger partial charge >= 0.3 is 12.1 Å². The lowest BCUT2D eigenvalue weighted by molar-refractivity contribution is -0.393. The van der Waals surface area contributed by atoms with Gasteiger partial charge in [-0.25, -0.2) is 19.6 Å². The van der Waals surface area contributed by atoms with Crippen LogP contribution in [0.4, 0.5) is 10.5 Å². The quantitative estimate of drug-likeness (QED) is 0.0637. The van der Waals surface area contributed by atoms with Crippen molar-refractivity contribution >= 4 is 40.9 Å². The number of nitrogens with one attached hydrogen (secondary N) is 1. The van der Waals surface area contributed by atoms with E-state index < -0.39 is 53.4 Å². The first kappa shape index (κ1) is 47.0. The third-order valence-corrected chi connectivity index (χ3v) is 14.2. The average molecular weight is 865 g/mol. The Balaban J connectivity index is 1.08. The number of nitrogens with zero attached hydrogens (tertiary/aromatic N) is 1. The van der Waals surface area contributed by atoms with Crippen LogP contribution in [0.5, 0.6) is 0 Å². The van der Waals surface area contributed by atoms with Gasteiger partial charge in [0.15, 0.2) is 0 Å². The van der Waals surface area contributed by atoms with Crippen LogP contribution in [0.25, 0.3) is 6.08 Å². The number of epoxide rings is 1. The largest absolute Gasteiger partial charge is 0.458 e. The minimum Gasteiger partial charge on any atom is -0.458 e. The lowest BCUT2D eigenvalue weighted by Crippen LogP contribution is -2.42. The van der Waals surface area contributed by atoms with Gasteiger partial charge < -0.3 is 23.7 Å². The summed E-state index contributed by atoms with van der Waals surface area (Å²) in [6.07, 6.45) is 8.71. The van der Waals surface area contributed by atoms with E-state index in [9.17, 15) is 14.4 Å². The summed E-state index contributed by atoms with van der Waals surface area (Å²) >= 11 is 1.57. The summed E-state index contributed by atoms with van der Waals surface area (Å²) in [7, 11) is 0. The molecule has 1 saturated carbocycles. The Labute approximate surface area is 366 Å². The number of cyclic esters (lactones) is 1. The van der Waals surface area contributed by atoms with Crippen molar-refractivity contribution in [1.82, 2.24) is 4.98 Å². The summed E-state index contributed by atoms with van der Waals surface area (Å²) in [5, 5.41) is 5.83. The Hall–Kier alpha value is -3.46. The van der Waals surface area contributed by atoms with E-state index in [0.29, 0.717) is 31.4 Å². The van der Waals surface area contributed by atoms with Crippen LogP contribution in [-0.2, 0) is 49.7 Å². The van der Waals surface area contributed by atoms with Crippen molar-refractivity contribution in [2.24, 2.45) is 11.3 Å². The van der Waals surface area contributed by atoms with Gasteiger partial charge in [-0.3, -0.25) is 14.9 Å². The van der Waals surface area contributed by atoms with Gasteiger partial charge in [-0.1, -0.05) is 52.8 Å². The molecule has 0 radical (unpaired) electrons. The molecule has 4 fully saturated rings. The fourth-order valence-corrected chi connectivity index (χ4v) is 9.78. The zero-order chi connectivity index (χ0) is 44.0. The highest BCUT2D eigenvalue weighted by atomic mass is 32.1. The van der Waals surface area contributed by atoms with E-state index in [2.05, 4.69) is 37.7 Å². The monoisotopic (exact) mass is 864 g/mol.